The first-order chi connectivity index (χ1) is 9.19. The summed E-state index contributed by atoms with van der Waals surface area (Å²) < 4.78 is 6.03. The lowest BCUT2D eigenvalue weighted by atomic mass is 9.89. The van der Waals surface area contributed by atoms with E-state index < -0.39 is 0 Å². The summed E-state index contributed by atoms with van der Waals surface area (Å²) in [6.07, 6.45) is 5.33. The molecule has 4 heteroatoms. The van der Waals surface area contributed by atoms with Gasteiger partial charge in [-0.2, -0.15) is 11.8 Å². The molecule has 0 bridgehead atoms. The highest BCUT2D eigenvalue weighted by molar-refractivity contribution is 7.99. The van der Waals surface area contributed by atoms with Gasteiger partial charge in [0.05, 0.1) is 11.7 Å². The van der Waals surface area contributed by atoms with E-state index in [4.69, 9.17) is 4.74 Å². The van der Waals surface area contributed by atoms with Gasteiger partial charge in [0.2, 0.25) is 0 Å². The van der Waals surface area contributed by atoms with Gasteiger partial charge in [0.15, 0.2) is 0 Å². The molecule has 2 rings (SSSR count). The highest BCUT2D eigenvalue weighted by Crippen LogP contribution is 2.38. The third-order valence-electron chi connectivity index (χ3n) is 4.77. The number of ether oxygens (including phenoxy) is 1. The fourth-order valence-electron chi connectivity index (χ4n) is 3.35. The maximum absolute atomic E-state index is 10.2. The molecule has 0 aromatic heterocycles. The number of rotatable bonds is 6. The second-order valence-electron chi connectivity index (χ2n) is 6.08. The number of thioether (sulfide) groups is 1. The fourth-order valence-corrected chi connectivity index (χ4v) is 4.73. The monoisotopic (exact) mass is 287 g/mol. The van der Waals surface area contributed by atoms with E-state index in [-0.39, 0.29) is 11.7 Å². The van der Waals surface area contributed by atoms with Gasteiger partial charge in [-0.15, -0.1) is 0 Å². The summed E-state index contributed by atoms with van der Waals surface area (Å²) >= 11 is 2.02. The van der Waals surface area contributed by atoms with E-state index >= 15 is 0 Å². The molecule has 2 fully saturated rings. The van der Waals surface area contributed by atoms with E-state index in [0.717, 1.165) is 44.6 Å². The Kier molecular flexibility index (Phi) is 6.00. The Balaban J connectivity index is 1.76. The van der Waals surface area contributed by atoms with E-state index in [2.05, 4.69) is 19.2 Å². The van der Waals surface area contributed by atoms with Crippen LogP contribution in [0.1, 0.15) is 46.0 Å². The molecule has 3 nitrogen and oxygen atoms in total. The van der Waals surface area contributed by atoms with Crippen molar-refractivity contribution < 1.29 is 9.84 Å². The number of nitrogens with one attached hydrogen (secondary N) is 1. The maximum atomic E-state index is 10.2. The number of aliphatic hydroxyl groups is 1. The van der Waals surface area contributed by atoms with Gasteiger partial charge in [0.25, 0.3) is 0 Å². The predicted molar refractivity (Wildman–Crippen MR) is 81.7 cm³/mol. The number of hydrogen-bond acceptors (Lipinski definition) is 4. The van der Waals surface area contributed by atoms with E-state index in [1.807, 2.05) is 11.8 Å². The standard InChI is InChI=1S/C15H29NO2S/c1-3-12(4-2)14(17)10-16-13-5-7-18-15(9-13)6-8-19-11-15/h12-14,16-17H,3-11H2,1-2H3. The van der Waals surface area contributed by atoms with Gasteiger partial charge in [0.1, 0.15) is 0 Å². The normalized spacial score (nSPS) is 33.2. The number of hydrogen-bond donors (Lipinski definition) is 2. The van der Waals surface area contributed by atoms with E-state index in [0.29, 0.717) is 12.0 Å². The Labute approximate surface area is 121 Å². The van der Waals surface area contributed by atoms with Crippen molar-refractivity contribution in [3.8, 4) is 0 Å². The SMILES string of the molecule is CCC(CC)C(O)CNC1CCOC2(CCSC2)C1. The molecule has 2 aliphatic heterocycles. The zero-order valence-corrected chi connectivity index (χ0v) is 13.2. The average molecular weight is 287 g/mol. The van der Waals surface area contributed by atoms with Crippen molar-refractivity contribution >= 4 is 11.8 Å². The molecular weight excluding hydrogens is 258 g/mol. The first kappa shape index (κ1) is 15.6. The minimum atomic E-state index is -0.202. The molecule has 0 aromatic rings. The molecular formula is C15H29NO2S. The van der Waals surface area contributed by atoms with Crippen molar-refractivity contribution in [1.29, 1.82) is 0 Å². The van der Waals surface area contributed by atoms with Crippen LogP contribution in [-0.4, -0.2) is 47.5 Å². The quantitative estimate of drug-likeness (QED) is 0.787. The Bertz CT molecular complexity index is 265. The van der Waals surface area contributed by atoms with Crippen LogP contribution >= 0.6 is 11.8 Å². The molecule has 19 heavy (non-hydrogen) atoms. The lowest BCUT2D eigenvalue weighted by Gasteiger charge is -2.38. The van der Waals surface area contributed by atoms with Gasteiger partial charge in [-0.05, 0) is 30.9 Å². The fraction of sp³-hybridized carbons (Fsp3) is 1.00. The lowest BCUT2D eigenvalue weighted by molar-refractivity contribution is -0.0715. The summed E-state index contributed by atoms with van der Waals surface area (Å²) in [6, 6.07) is 0.525. The van der Waals surface area contributed by atoms with Crippen LogP contribution in [0.4, 0.5) is 0 Å². The van der Waals surface area contributed by atoms with Crippen molar-refractivity contribution in [1.82, 2.24) is 5.32 Å². The molecule has 2 N–H and O–H groups in total. The van der Waals surface area contributed by atoms with E-state index in [1.54, 1.807) is 0 Å². The van der Waals surface area contributed by atoms with Crippen molar-refractivity contribution in [3.63, 3.8) is 0 Å². The summed E-state index contributed by atoms with van der Waals surface area (Å²) in [7, 11) is 0. The molecule has 3 atom stereocenters. The molecule has 0 radical (unpaired) electrons. The van der Waals surface area contributed by atoms with Gasteiger partial charge >= 0.3 is 0 Å². The van der Waals surface area contributed by atoms with Gasteiger partial charge in [-0.3, -0.25) is 0 Å². The molecule has 1 spiro atoms. The van der Waals surface area contributed by atoms with Crippen molar-refractivity contribution in [3.05, 3.63) is 0 Å². The topological polar surface area (TPSA) is 41.5 Å². The van der Waals surface area contributed by atoms with Crippen LogP contribution in [-0.2, 0) is 4.74 Å². The van der Waals surface area contributed by atoms with E-state index in [1.165, 1.54) is 12.2 Å². The summed E-state index contributed by atoms with van der Waals surface area (Å²) in [5.41, 5.74) is 0.139. The van der Waals surface area contributed by atoms with Crippen molar-refractivity contribution in [2.24, 2.45) is 5.92 Å². The second-order valence-corrected chi connectivity index (χ2v) is 7.18. The van der Waals surface area contributed by atoms with Crippen molar-refractivity contribution in [2.75, 3.05) is 24.7 Å². The molecule has 0 amide bonds. The van der Waals surface area contributed by atoms with Crippen LogP contribution in [0.15, 0.2) is 0 Å². The highest BCUT2D eigenvalue weighted by Gasteiger charge is 2.40. The smallest absolute Gasteiger partial charge is 0.0795 e. The maximum Gasteiger partial charge on any atom is 0.0795 e. The Morgan fingerprint density at radius 1 is 1.42 bits per heavy atom. The van der Waals surface area contributed by atoms with Crippen LogP contribution in [0, 0.1) is 5.92 Å². The molecule has 2 heterocycles. The van der Waals surface area contributed by atoms with Crippen LogP contribution in [0.5, 0.6) is 0 Å². The minimum Gasteiger partial charge on any atom is -0.392 e. The van der Waals surface area contributed by atoms with E-state index in [9.17, 15) is 5.11 Å². The molecule has 0 aliphatic carbocycles. The first-order valence-electron chi connectivity index (χ1n) is 7.82. The zero-order chi connectivity index (χ0) is 13.7. The van der Waals surface area contributed by atoms with Gasteiger partial charge in [-0.1, -0.05) is 26.7 Å². The molecule has 0 aromatic carbocycles. The zero-order valence-electron chi connectivity index (χ0n) is 12.4. The van der Waals surface area contributed by atoms with Gasteiger partial charge in [-0.25, -0.2) is 0 Å². The van der Waals surface area contributed by atoms with Crippen LogP contribution in [0.25, 0.3) is 0 Å². The summed E-state index contributed by atoms with van der Waals surface area (Å²) in [5.74, 6) is 2.83. The Morgan fingerprint density at radius 2 is 2.21 bits per heavy atom. The lowest BCUT2D eigenvalue weighted by Crippen LogP contribution is -2.49. The summed E-state index contributed by atoms with van der Waals surface area (Å²) in [5, 5.41) is 13.8. The van der Waals surface area contributed by atoms with Gasteiger partial charge < -0.3 is 15.2 Å². The van der Waals surface area contributed by atoms with Crippen LogP contribution in [0.2, 0.25) is 0 Å². The summed E-state index contributed by atoms with van der Waals surface area (Å²) in [4.78, 5) is 0. The largest absolute Gasteiger partial charge is 0.392 e. The van der Waals surface area contributed by atoms with Crippen LogP contribution < -0.4 is 5.32 Å². The second kappa shape index (κ2) is 7.30. The molecule has 112 valence electrons. The predicted octanol–water partition coefficient (Wildman–Crippen LogP) is 2.43. The van der Waals surface area contributed by atoms with Crippen molar-refractivity contribution in [2.45, 2.75) is 63.7 Å². The molecule has 2 saturated heterocycles. The minimum absolute atomic E-state index is 0.139. The molecule has 0 saturated carbocycles. The Morgan fingerprint density at radius 3 is 2.84 bits per heavy atom. The van der Waals surface area contributed by atoms with Gasteiger partial charge in [0, 0.05) is 24.9 Å². The highest BCUT2D eigenvalue weighted by atomic mass is 32.2. The Hall–Kier alpha value is 0.230. The van der Waals surface area contributed by atoms with Crippen LogP contribution in [0.3, 0.4) is 0 Å². The average Bonchev–Trinajstić information content (AvgIpc) is 2.86. The molecule has 3 unspecified atom stereocenters. The number of aliphatic hydroxyl groups excluding tert-OH is 1. The summed E-state index contributed by atoms with van der Waals surface area (Å²) in [6.45, 7) is 5.94. The molecule has 2 aliphatic rings. The first-order valence-corrected chi connectivity index (χ1v) is 8.97. The third-order valence-corrected chi connectivity index (χ3v) is 5.99. The third kappa shape index (κ3) is 4.10.